The van der Waals surface area contributed by atoms with Crippen molar-refractivity contribution in [1.29, 1.82) is 0 Å². The number of hydrogen-bond acceptors (Lipinski definition) is 3. The van der Waals surface area contributed by atoms with Crippen molar-refractivity contribution in [3.63, 3.8) is 0 Å². The van der Waals surface area contributed by atoms with E-state index in [0.29, 0.717) is 6.04 Å². The second kappa shape index (κ2) is 5.97. The summed E-state index contributed by atoms with van der Waals surface area (Å²) in [5.41, 5.74) is 1.36. The molecule has 0 bridgehead atoms. The topological polar surface area (TPSA) is 27.6 Å². The Morgan fingerprint density at radius 3 is 2.95 bits per heavy atom. The van der Waals surface area contributed by atoms with Gasteiger partial charge < -0.3 is 10.2 Å². The van der Waals surface area contributed by atoms with E-state index in [2.05, 4.69) is 47.6 Å². The van der Waals surface area contributed by atoms with Crippen LogP contribution < -0.4 is 5.32 Å². The second-order valence-electron chi connectivity index (χ2n) is 5.48. The summed E-state index contributed by atoms with van der Waals surface area (Å²) in [5, 5.41) is 4.67. The molecule has 1 aromatic carbocycles. The predicted molar refractivity (Wildman–Crippen MR) is 82.7 cm³/mol. The van der Waals surface area contributed by atoms with Gasteiger partial charge in [0.2, 0.25) is 0 Å². The minimum Gasteiger partial charge on any atom is -0.357 e. The van der Waals surface area contributed by atoms with E-state index in [-0.39, 0.29) is 0 Å². The SMILES string of the molecule is CN1CCC(CN=C2NC(c3ccccc3)CS2)C1. The van der Waals surface area contributed by atoms with Gasteiger partial charge in [0.05, 0.1) is 6.04 Å². The van der Waals surface area contributed by atoms with Gasteiger partial charge in [-0.1, -0.05) is 42.1 Å². The Morgan fingerprint density at radius 1 is 1.37 bits per heavy atom. The van der Waals surface area contributed by atoms with Crippen LogP contribution in [0.3, 0.4) is 0 Å². The molecule has 2 atom stereocenters. The molecule has 0 aliphatic carbocycles. The van der Waals surface area contributed by atoms with E-state index in [1.807, 2.05) is 11.8 Å². The molecule has 2 fully saturated rings. The Labute approximate surface area is 119 Å². The lowest BCUT2D eigenvalue weighted by molar-refractivity contribution is 0.397. The summed E-state index contributed by atoms with van der Waals surface area (Å²) in [7, 11) is 2.20. The van der Waals surface area contributed by atoms with Crippen LogP contribution in [0.5, 0.6) is 0 Å². The Hall–Kier alpha value is -1.00. The standard InChI is InChI=1S/C15H21N3S/c1-18-8-7-12(10-18)9-16-15-17-14(11-19-15)13-5-3-2-4-6-13/h2-6,12,14H,7-11H2,1H3,(H,16,17). The predicted octanol–water partition coefficient (Wildman–Crippen LogP) is 2.37. The van der Waals surface area contributed by atoms with Crippen molar-refractivity contribution in [3.8, 4) is 0 Å². The molecule has 1 aromatic rings. The Morgan fingerprint density at radius 2 is 2.21 bits per heavy atom. The molecule has 0 saturated carbocycles. The third-order valence-electron chi connectivity index (χ3n) is 3.87. The van der Waals surface area contributed by atoms with E-state index in [9.17, 15) is 0 Å². The molecule has 2 unspecified atom stereocenters. The highest BCUT2D eigenvalue weighted by atomic mass is 32.2. The van der Waals surface area contributed by atoms with Crippen molar-refractivity contribution < 1.29 is 0 Å². The molecule has 2 saturated heterocycles. The third-order valence-corrected chi connectivity index (χ3v) is 4.89. The Balaban J connectivity index is 1.54. The zero-order chi connectivity index (χ0) is 13.1. The van der Waals surface area contributed by atoms with Crippen LogP contribution in [0.2, 0.25) is 0 Å². The van der Waals surface area contributed by atoms with Crippen LogP contribution in [0.25, 0.3) is 0 Å². The summed E-state index contributed by atoms with van der Waals surface area (Å²) >= 11 is 1.85. The highest BCUT2D eigenvalue weighted by Crippen LogP contribution is 2.26. The van der Waals surface area contributed by atoms with E-state index < -0.39 is 0 Å². The number of nitrogens with zero attached hydrogens (tertiary/aromatic N) is 2. The number of nitrogens with one attached hydrogen (secondary N) is 1. The summed E-state index contributed by atoms with van der Waals surface area (Å²) in [6.07, 6.45) is 1.29. The van der Waals surface area contributed by atoms with Gasteiger partial charge in [0.25, 0.3) is 0 Å². The fraction of sp³-hybridized carbons (Fsp3) is 0.533. The molecule has 0 aromatic heterocycles. The van der Waals surface area contributed by atoms with Gasteiger partial charge in [-0.05, 0) is 31.5 Å². The van der Waals surface area contributed by atoms with Crippen LogP contribution in [0.4, 0.5) is 0 Å². The summed E-state index contributed by atoms with van der Waals surface area (Å²) in [5.74, 6) is 1.84. The van der Waals surface area contributed by atoms with Gasteiger partial charge in [0.15, 0.2) is 5.17 Å². The first-order valence-electron chi connectivity index (χ1n) is 6.98. The largest absolute Gasteiger partial charge is 0.357 e. The van der Waals surface area contributed by atoms with Crippen LogP contribution in [-0.2, 0) is 0 Å². The summed E-state index contributed by atoms with van der Waals surface area (Å²) in [6, 6.07) is 11.1. The molecule has 0 amide bonds. The van der Waals surface area contributed by atoms with E-state index in [0.717, 1.165) is 23.4 Å². The van der Waals surface area contributed by atoms with Gasteiger partial charge >= 0.3 is 0 Å². The lowest BCUT2D eigenvalue weighted by atomic mass is 10.1. The average Bonchev–Trinajstić information content (AvgIpc) is 3.06. The maximum absolute atomic E-state index is 4.76. The van der Waals surface area contributed by atoms with Crippen molar-refractivity contribution in [2.75, 3.05) is 32.4 Å². The molecule has 19 heavy (non-hydrogen) atoms. The summed E-state index contributed by atoms with van der Waals surface area (Å²) < 4.78 is 0. The van der Waals surface area contributed by atoms with Gasteiger partial charge in [-0.3, -0.25) is 4.99 Å². The van der Waals surface area contributed by atoms with Crippen LogP contribution in [-0.4, -0.2) is 42.5 Å². The molecule has 2 heterocycles. The smallest absolute Gasteiger partial charge is 0.157 e. The molecule has 4 heteroatoms. The van der Waals surface area contributed by atoms with E-state index in [1.54, 1.807) is 0 Å². The van der Waals surface area contributed by atoms with Gasteiger partial charge in [0.1, 0.15) is 0 Å². The van der Waals surface area contributed by atoms with Crippen LogP contribution >= 0.6 is 11.8 Å². The maximum Gasteiger partial charge on any atom is 0.157 e. The van der Waals surface area contributed by atoms with Crippen LogP contribution in [0.1, 0.15) is 18.0 Å². The number of hydrogen-bond donors (Lipinski definition) is 1. The number of likely N-dealkylation sites (tertiary alicyclic amines) is 1. The third kappa shape index (κ3) is 3.31. The van der Waals surface area contributed by atoms with Gasteiger partial charge in [0, 0.05) is 18.8 Å². The van der Waals surface area contributed by atoms with E-state index in [4.69, 9.17) is 4.99 Å². The zero-order valence-electron chi connectivity index (χ0n) is 11.4. The maximum atomic E-state index is 4.76. The first-order chi connectivity index (χ1) is 9.31. The molecule has 2 aliphatic rings. The molecule has 102 valence electrons. The van der Waals surface area contributed by atoms with Crippen molar-refractivity contribution in [1.82, 2.24) is 10.2 Å². The Kier molecular flexibility index (Phi) is 4.09. The molecule has 1 N–H and O–H groups in total. The van der Waals surface area contributed by atoms with Crippen molar-refractivity contribution >= 4 is 16.9 Å². The van der Waals surface area contributed by atoms with Gasteiger partial charge in [-0.15, -0.1) is 0 Å². The minimum atomic E-state index is 0.427. The molecular formula is C15H21N3S. The summed E-state index contributed by atoms with van der Waals surface area (Å²) in [6.45, 7) is 3.40. The van der Waals surface area contributed by atoms with Crippen molar-refractivity contribution in [3.05, 3.63) is 35.9 Å². The number of thioether (sulfide) groups is 1. The minimum absolute atomic E-state index is 0.427. The normalized spacial score (nSPS) is 29.8. The lowest BCUT2D eigenvalue weighted by Gasteiger charge is -2.10. The van der Waals surface area contributed by atoms with Crippen molar-refractivity contribution in [2.24, 2.45) is 10.9 Å². The highest BCUT2D eigenvalue weighted by Gasteiger charge is 2.23. The zero-order valence-corrected chi connectivity index (χ0v) is 12.2. The highest BCUT2D eigenvalue weighted by molar-refractivity contribution is 8.14. The van der Waals surface area contributed by atoms with Crippen molar-refractivity contribution in [2.45, 2.75) is 12.5 Å². The molecule has 3 rings (SSSR count). The number of rotatable bonds is 3. The molecule has 0 radical (unpaired) electrons. The fourth-order valence-electron chi connectivity index (χ4n) is 2.74. The molecule has 2 aliphatic heterocycles. The lowest BCUT2D eigenvalue weighted by Crippen LogP contribution is -2.20. The number of amidine groups is 1. The number of benzene rings is 1. The molecule has 3 nitrogen and oxygen atoms in total. The fourth-order valence-corrected chi connectivity index (χ4v) is 3.73. The van der Waals surface area contributed by atoms with Gasteiger partial charge in [-0.2, -0.15) is 0 Å². The van der Waals surface area contributed by atoms with E-state index in [1.165, 1.54) is 25.1 Å². The Bertz CT molecular complexity index is 446. The first-order valence-corrected chi connectivity index (χ1v) is 7.97. The quantitative estimate of drug-likeness (QED) is 0.918. The number of aliphatic imine (C=N–C) groups is 1. The van der Waals surface area contributed by atoms with E-state index >= 15 is 0 Å². The van der Waals surface area contributed by atoms with Crippen LogP contribution in [0, 0.1) is 5.92 Å². The average molecular weight is 275 g/mol. The van der Waals surface area contributed by atoms with Gasteiger partial charge in [-0.25, -0.2) is 0 Å². The molecule has 0 spiro atoms. The molecular weight excluding hydrogens is 254 g/mol. The van der Waals surface area contributed by atoms with Crippen LogP contribution in [0.15, 0.2) is 35.3 Å². The second-order valence-corrected chi connectivity index (χ2v) is 6.49. The summed E-state index contributed by atoms with van der Waals surface area (Å²) in [4.78, 5) is 7.15. The monoisotopic (exact) mass is 275 g/mol. The first kappa shape index (κ1) is 13.0.